The Morgan fingerprint density at radius 3 is 2.00 bits per heavy atom. The lowest BCUT2D eigenvalue weighted by Gasteiger charge is -2.22. The minimum Gasteiger partial charge on any atom is -0.491 e. The molecule has 1 aliphatic rings. The number of allylic oxidation sites excluding steroid dienone is 1. The van der Waals surface area contributed by atoms with Crippen molar-refractivity contribution >= 4 is 17.1 Å². The molecule has 1 atom stereocenters. The molecule has 4 rings (SSSR count). The Balaban J connectivity index is 1.44. The van der Waals surface area contributed by atoms with Gasteiger partial charge in [-0.3, -0.25) is 4.79 Å². The maximum atomic E-state index is 12.1. The molecule has 1 fully saturated rings. The zero-order chi connectivity index (χ0) is 31.4. The highest BCUT2D eigenvalue weighted by Crippen LogP contribution is 2.35. The summed E-state index contributed by atoms with van der Waals surface area (Å²) >= 11 is 0. The topological polar surface area (TPSA) is 77.0 Å². The molecule has 44 heavy (non-hydrogen) atoms. The molecule has 1 aliphatic carbocycles. The second-order valence-corrected chi connectivity index (χ2v) is 12.7. The van der Waals surface area contributed by atoms with Gasteiger partial charge in [0.1, 0.15) is 24.2 Å². The van der Waals surface area contributed by atoms with Crippen LogP contribution in [0.2, 0.25) is 0 Å². The Kier molecular flexibility index (Phi) is 12.5. The molecule has 0 aliphatic heterocycles. The van der Waals surface area contributed by atoms with Crippen molar-refractivity contribution in [3.05, 3.63) is 95.6 Å². The van der Waals surface area contributed by atoms with Crippen LogP contribution in [0.4, 0.5) is 0 Å². The number of ether oxygens (including phenoxy) is 3. The summed E-state index contributed by atoms with van der Waals surface area (Å²) in [5.41, 5.74) is 5.07. The van der Waals surface area contributed by atoms with Crippen molar-refractivity contribution in [3.63, 3.8) is 0 Å². The van der Waals surface area contributed by atoms with Crippen LogP contribution < -0.4 is 14.8 Å². The van der Waals surface area contributed by atoms with Gasteiger partial charge >= 0.3 is 5.97 Å². The fraction of sp³-hybridized carbons (Fsp3) is 0.447. The predicted molar refractivity (Wildman–Crippen MR) is 178 cm³/mol. The molecule has 0 bridgehead atoms. The number of benzene rings is 3. The van der Waals surface area contributed by atoms with E-state index in [2.05, 4.69) is 48.6 Å². The van der Waals surface area contributed by atoms with Gasteiger partial charge in [-0.1, -0.05) is 80.8 Å². The molecule has 0 aromatic heterocycles. The van der Waals surface area contributed by atoms with Crippen LogP contribution in [0.25, 0.3) is 11.1 Å². The number of aliphatic hydroxyl groups is 1. The van der Waals surface area contributed by atoms with Crippen molar-refractivity contribution in [3.8, 4) is 11.5 Å². The number of aliphatic hydroxyl groups excluding tert-OH is 1. The SMILES string of the molecule is CCC(=C(c1ccc(OCOC(=O)C(C)(C)C)cc1)c1ccc(OCC(O)CNCC2CCCCC2)cc1)c1ccccc1. The van der Waals surface area contributed by atoms with Gasteiger partial charge < -0.3 is 24.6 Å². The van der Waals surface area contributed by atoms with Crippen molar-refractivity contribution in [1.29, 1.82) is 0 Å². The van der Waals surface area contributed by atoms with Crippen LogP contribution in [0.3, 0.4) is 0 Å². The third-order valence-electron chi connectivity index (χ3n) is 8.07. The Labute approximate surface area is 263 Å². The van der Waals surface area contributed by atoms with Crippen LogP contribution in [-0.2, 0) is 9.53 Å². The number of rotatable bonds is 14. The first kappa shape index (κ1) is 33.3. The molecule has 1 unspecified atom stereocenters. The van der Waals surface area contributed by atoms with E-state index >= 15 is 0 Å². The van der Waals surface area contributed by atoms with E-state index in [-0.39, 0.29) is 19.4 Å². The summed E-state index contributed by atoms with van der Waals surface area (Å²) in [6.07, 6.45) is 6.87. The maximum absolute atomic E-state index is 12.1. The van der Waals surface area contributed by atoms with Gasteiger partial charge in [-0.15, -0.1) is 0 Å². The van der Waals surface area contributed by atoms with E-state index in [4.69, 9.17) is 14.2 Å². The van der Waals surface area contributed by atoms with Crippen molar-refractivity contribution in [2.45, 2.75) is 72.3 Å². The Hall–Kier alpha value is -3.61. The highest BCUT2D eigenvalue weighted by Gasteiger charge is 2.23. The summed E-state index contributed by atoms with van der Waals surface area (Å²) in [6.45, 7) is 9.24. The first-order chi connectivity index (χ1) is 21.2. The molecule has 0 heterocycles. The standard InChI is InChI=1S/C38H49NO5/c1-5-35(29-14-10-7-11-15-29)36(31-18-22-34(23-19-31)43-27-44-37(41)38(2,3)4)30-16-20-33(21-17-30)42-26-32(40)25-39-24-28-12-8-6-9-13-28/h7,10-11,14-23,28,32,39-40H,5-6,8-9,12-13,24-27H2,1-4H3. The fourth-order valence-corrected chi connectivity index (χ4v) is 5.58. The fourth-order valence-electron chi connectivity index (χ4n) is 5.58. The smallest absolute Gasteiger partial charge is 0.314 e. The Morgan fingerprint density at radius 2 is 1.43 bits per heavy atom. The third kappa shape index (κ3) is 9.96. The minimum absolute atomic E-state index is 0.130. The number of carbonyl (C=O) groups excluding carboxylic acids is 1. The van der Waals surface area contributed by atoms with Crippen molar-refractivity contribution < 1.29 is 24.1 Å². The van der Waals surface area contributed by atoms with Crippen LogP contribution in [0, 0.1) is 11.3 Å². The highest BCUT2D eigenvalue weighted by molar-refractivity contribution is 5.98. The monoisotopic (exact) mass is 599 g/mol. The van der Waals surface area contributed by atoms with Crippen LogP contribution in [-0.4, -0.2) is 43.7 Å². The lowest BCUT2D eigenvalue weighted by molar-refractivity contribution is -0.159. The molecule has 6 nitrogen and oxygen atoms in total. The third-order valence-corrected chi connectivity index (χ3v) is 8.07. The Morgan fingerprint density at radius 1 is 0.841 bits per heavy atom. The molecule has 1 saturated carbocycles. The lowest BCUT2D eigenvalue weighted by atomic mass is 9.88. The van der Waals surface area contributed by atoms with E-state index in [0.717, 1.165) is 41.3 Å². The van der Waals surface area contributed by atoms with Gasteiger partial charge in [0, 0.05) is 6.54 Å². The van der Waals surface area contributed by atoms with Crippen LogP contribution in [0.1, 0.15) is 82.9 Å². The second-order valence-electron chi connectivity index (χ2n) is 12.7. The van der Waals surface area contributed by atoms with Gasteiger partial charge in [0.15, 0.2) is 0 Å². The molecular formula is C38H49NO5. The summed E-state index contributed by atoms with van der Waals surface area (Å²) < 4.78 is 16.9. The second kappa shape index (κ2) is 16.5. The molecule has 3 aromatic carbocycles. The number of hydrogen-bond donors (Lipinski definition) is 2. The molecule has 0 spiro atoms. The van der Waals surface area contributed by atoms with Gasteiger partial charge in [-0.05, 0) is 105 Å². The summed E-state index contributed by atoms with van der Waals surface area (Å²) in [6, 6.07) is 26.4. The quantitative estimate of drug-likeness (QED) is 0.111. The van der Waals surface area contributed by atoms with Crippen molar-refractivity contribution in [2.75, 3.05) is 26.5 Å². The van der Waals surface area contributed by atoms with E-state index in [9.17, 15) is 9.90 Å². The average molecular weight is 600 g/mol. The van der Waals surface area contributed by atoms with Crippen LogP contribution in [0.5, 0.6) is 11.5 Å². The van der Waals surface area contributed by atoms with Crippen LogP contribution in [0.15, 0.2) is 78.9 Å². The molecule has 6 heteroatoms. The maximum Gasteiger partial charge on any atom is 0.314 e. The zero-order valence-electron chi connectivity index (χ0n) is 26.8. The molecule has 236 valence electrons. The first-order valence-electron chi connectivity index (χ1n) is 16.1. The molecule has 0 saturated heterocycles. The molecule has 2 N–H and O–H groups in total. The molecular weight excluding hydrogens is 550 g/mol. The largest absolute Gasteiger partial charge is 0.491 e. The molecule has 0 radical (unpaired) electrons. The van der Waals surface area contributed by atoms with Gasteiger partial charge in [0.25, 0.3) is 0 Å². The summed E-state index contributed by atoms with van der Waals surface area (Å²) in [7, 11) is 0. The summed E-state index contributed by atoms with van der Waals surface area (Å²) in [5.74, 6) is 1.79. The van der Waals surface area contributed by atoms with Gasteiger partial charge in [-0.2, -0.15) is 0 Å². The lowest BCUT2D eigenvalue weighted by Crippen LogP contribution is -2.34. The van der Waals surface area contributed by atoms with E-state index in [1.807, 2.05) is 63.2 Å². The highest BCUT2D eigenvalue weighted by atomic mass is 16.7. The first-order valence-corrected chi connectivity index (χ1v) is 16.1. The molecule has 0 amide bonds. The summed E-state index contributed by atoms with van der Waals surface area (Å²) in [4.78, 5) is 12.1. The average Bonchev–Trinajstić information content (AvgIpc) is 3.04. The van der Waals surface area contributed by atoms with Crippen molar-refractivity contribution in [1.82, 2.24) is 5.32 Å². The summed E-state index contributed by atoms with van der Waals surface area (Å²) in [5, 5.41) is 13.9. The minimum atomic E-state index is -0.577. The van der Waals surface area contributed by atoms with Gasteiger partial charge in [0.05, 0.1) is 5.41 Å². The van der Waals surface area contributed by atoms with E-state index in [0.29, 0.717) is 12.3 Å². The number of esters is 1. The van der Waals surface area contributed by atoms with Crippen molar-refractivity contribution in [2.24, 2.45) is 11.3 Å². The van der Waals surface area contributed by atoms with E-state index in [1.54, 1.807) is 0 Å². The van der Waals surface area contributed by atoms with E-state index < -0.39 is 11.5 Å². The van der Waals surface area contributed by atoms with E-state index in [1.165, 1.54) is 43.2 Å². The van der Waals surface area contributed by atoms with Crippen LogP contribution >= 0.6 is 0 Å². The van der Waals surface area contributed by atoms with Gasteiger partial charge in [0.2, 0.25) is 6.79 Å². The zero-order valence-corrected chi connectivity index (χ0v) is 26.8. The number of nitrogens with one attached hydrogen (secondary N) is 1. The number of hydrogen-bond acceptors (Lipinski definition) is 6. The number of carbonyl (C=O) groups is 1. The molecule has 3 aromatic rings. The predicted octanol–water partition coefficient (Wildman–Crippen LogP) is 7.89. The Bertz CT molecular complexity index is 1320. The normalized spacial score (nSPS) is 15.3. The van der Waals surface area contributed by atoms with Gasteiger partial charge in [-0.25, -0.2) is 0 Å².